The zero-order chi connectivity index (χ0) is 23.5. The Morgan fingerprint density at radius 1 is 1.06 bits per heavy atom. The minimum atomic E-state index is -4.51. The van der Waals surface area contributed by atoms with Gasteiger partial charge in [0.1, 0.15) is 0 Å². The highest BCUT2D eigenvalue weighted by Crippen LogP contribution is 2.39. The molecule has 2 heterocycles. The lowest BCUT2D eigenvalue weighted by molar-refractivity contribution is -0.138. The van der Waals surface area contributed by atoms with Crippen molar-refractivity contribution in [3.05, 3.63) is 53.1 Å². The molecule has 0 spiro atoms. The number of hydrogen-bond acceptors (Lipinski definition) is 4. The predicted molar refractivity (Wildman–Crippen MR) is 118 cm³/mol. The minimum Gasteiger partial charge on any atom is -0.399 e. The molecule has 2 aromatic rings. The quantitative estimate of drug-likeness (QED) is 0.679. The van der Waals surface area contributed by atoms with Gasteiger partial charge < -0.3 is 14.6 Å². The van der Waals surface area contributed by atoms with Gasteiger partial charge >= 0.3 is 13.3 Å². The Morgan fingerprint density at radius 2 is 1.72 bits per heavy atom. The van der Waals surface area contributed by atoms with Gasteiger partial charge in [0.2, 0.25) is 5.91 Å². The van der Waals surface area contributed by atoms with Gasteiger partial charge in [0.25, 0.3) is 0 Å². The first-order chi connectivity index (χ1) is 14.8. The highest BCUT2D eigenvalue weighted by Gasteiger charge is 2.51. The van der Waals surface area contributed by atoms with Crippen molar-refractivity contribution in [3.63, 3.8) is 0 Å². The van der Waals surface area contributed by atoms with E-state index in [4.69, 9.17) is 9.31 Å². The van der Waals surface area contributed by atoms with E-state index in [1.54, 1.807) is 0 Å². The molecule has 2 aliphatic heterocycles. The Hall–Kier alpha value is -2.65. The molecular formula is C23H24BF3N2O3. The molecule has 0 saturated carbocycles. The van der Waals surface area contributed by atoms with E-state index in [0.29, 0.717) is 11.3 Å². The number of halogens is 3. The monoisotopic (exact) mass is 444 g/mol. The summed E-state index contributed by atoms with van der Waals surface area (Å²) in [6.45, 7) is 9.23. The Labute approximate surface area is 185 Å². The van der Waals surface area contributed by atoms with Crippen LogP contribution in [0.4, 0.5) is 24.5 Å². The number of benzene rings is 2. The highest BCUT2D eigenvalue weighted by atomic mass is 19.4. The molecule has 0 aliphatic carbocycles. The largest absolute Gasteiger partial charge is 0.494 e. The number of nitrogens with one attached hydrogen (secondary N) is 1. The summed E-state index contributed by atoms with van der Waals surface area (Å²) in [6.07, 6.45) is -4.58. The van der Waals surface area contributed by atoms with Crippen LogP contribution in [0.1, 0.15) is 50.8 Å². The van der Waals surface area contributed by atoms with Gasteiger partial charge in [-0.25, -0.2) is 0 Å². The lowest BCUT2D eigenvalue weighted by Gasteiger charge is -2.32. The summed E-state index contributed by atoms with van der Waals surface area (Å²) < 4.78 is 52.1. The summed E-state index contributed by atoms with van der Waals surface area (Å²) in [6, 6.07) is 9.63. The number of aryl methyl sites for hydroxylation is 1. The van der Waals surface area contributed by atoms with Crippen LogP contribution in [0, 0.1) is 6.92 Å². The fourth-order valence-electron chi connectivity index (χ4n) is 3.73. The first-order valence-electron chi connectivity index (χ1n) is 10.3. The summed E-state index contributed by atoms with van der Waals surface area (Å²) in [4.78, 5) is 17.0. The van der Waals surface area contributed by atoms with Crippen LogP contribution in [0.3, 0.4) is 0 Å². The van der Waals surface area contributed by atoms with Crippen molar-refractivity contribution in [2.24, 2.45) is 4.99 Å². The second kappa shape index (κ2) is 7.45. The summed E-state index contributed by atoms with van der Waals surface area (Å²) >= 11 is 0. The van der Waals surface area contributed by atoms with E-state index in [2.05, 4.69) is 10.3 Å². The number of hydrogen-bond donors (Lipinski definition) is 1. The molecule has 9 heteroatoms. The zero-order valence-electron chi connectivity index (χ0n) is 18.6. The van der Waals surface area contributed by atoms with E-state index in [0.717, 1.165) is 11.5 Å². The summed E-state index contributed by atoms with van der Waals surface area (Å²) in [5.74, 6) is -0.430. The van der Waals surface area contributed by atoms with Crippen molar-refractivity contribution in [2.75, 3.05) is 5.32 Å². The summed E-state index contributed by atoms with van der Waals surface area (Å²) in [7, 11) is -0.580. The lowest BCUT2D eigenvalue weighted by Crippen LogP contribution is -2.41. The van der Waals surface area contributed by atoms with Gasteiger partial charge in [0, 0.05) is 0 Å². The lowest BCUT2D eigenvalue weighted by atomic mass is 9.78. The van der Waals surface area contributed by atoms with E-state index < -0.39 is 36.0 Å². The molecule has 1 saturated heterocycles. The molecule has 0 radical (unpaired) electrons. The van der Waals surface area contributed by atoms with Gasteiger partial charge in [0.15, 0.2) is 0 Å². The molecule has 2 aliphatic rings. The second-order valence-corrected chi connectivity index (χ2v) is 9.18. The zero-order valence-corrected chi connectivity index (χ0v) is 18.6. The number of amides is 1. The molecule has 5 nitrogen and oxygen atoms in total. The fourth-order valence-corrected chi connectivity index (χ4v) is 3.73. The molecular weight excluding hydrogens is 420 g/mol. The van der Waals surface area contributed by atoms with Crippen molar-refractivity contribution in [1.29, 1.82) is 0 Å². The molecule has 4 rings (SSSR count). The van der Waals surface area contributed by atoms with Crippen LogP contribution in [-0.2, 0) is 20.3 Å². The molecule has 0 aromatic heterocycles. The van der Waals surface area contributed by atoms with E-state index >= 15 is 0 Å². The molecule has 1 fully saturated rings. The maximum absolute atomic E-state index is 13.3. The number of aliphatic imine (C=N–C) groups is 1. The maximum atomic E-state index is 13.3. The summed E-state index contributed by atoms with van der Waals surface area (Å²) in [5, 5.41) is 2.55. The molecule has 0 unspecified atom stereocenters. The number of rotatable bonds is 2. The molecule has 1 N–H and O–H groups in total. The van der Waals surface area contributed by atoms with Gasteiger partial charge in [-0.15, -0.1) is 0 Å². The van der Waals surface area contributed by atoms with Gasteiger partial charge in [-0.3, -0.25) is 9.79 Å². The first kappa shape index (κ1) is 22.5. The average molecular weight is 444 g/mol. The molecule has 1 amide bonds. The maximum Gasteiger partial charge on any atom is 0.494 e. The van der Waals surface area contributed by atoms with E-state index in [1.165, 1.54) is 13.0 Å². The van der Waals surface area contributed by atoms with Gasteiger partial charge in [0.05, 0.1) is 40.3 Å². The van der Waals surface area contributed by atoms with Crippen molar-refractivity contribution >= 4 is 35.6 Å². The Kier molecular flexibility index (Phi) is 5.25. The number of carbonyl (C=O) groups is 1. The molecule has 32 heavy (non-hydrogen) atoms. The second-order valence-electron chi connectivity index (χ2n) is 9.18. The van der Waals surface area contributed by atoms with Crippen LogP contribution in [0.15, 0.2) is 41.4 Å². The Morgan fingerprint density at radius 3 is 2.34 bits per heavy atom. The van der Waals surface area contributed by atoms with Gasteiger partial charge in [-0.05, 0) is 63.3 Å². The standard InChI is InChI=1S/C23H24BF3N2O3/c1-13-9-18-19(11-16(13)23(25,26)27)29-20(30)12-17(28-18)14-7-6-8-15(10-14)24-31-21(2,3)22(4,5)32-24/h6-11H,12H2,1-5H3,(H,29,30). The third kappa shape index (κ3) is 4.07. The van der Waals surface area contributed by atoms with Crippen LogP contribution in [0.2, 0.25) is 0 Å². The van der Waals surface area contributed by atoms with Crippen molar-refractivity contribution in [2.45, 2.75) is 58.4 Å². The Bertz CT molecular complexity index is 1110. The summed E-state index contributed by atoms with van der Waals surface area (Å²) in [5.41, 5.74) is 0.496. The number of fused-ring (bicyclic) bond motifs is 1. The number of carbonyl (C=O) groups excluding carboxylic acids is 1. The van der Waals surface area contributed by atoms with Gasteiger partial charge in [-0.1, -0.05) is 24.3 Å². The Balaban J connectivity index is 1.73. The molecule has 0 atom stereocenters. The predicted octanol–water partition coefficient (Wildman–Crippen LogP) is 4.78. The average Bonchev–Trinajstić information content (AvgIpc) is 2.80. The topological polar surface area (TPSA) is 59.9 Å². The molecule has 2 aromatic carbocycles. The SMILES string of the molecule is Cc1cc2c(cc1C(F)(F)F)NC(=O)CC(c1cccc(B3OC(C)(C)C(C)(C)O3)c1)=N2. The van der Waals surface area contributed by atoms with E-state index in [9.17, 15) is 18.0 Å². The highest BCUT2D eigenvalue weighted by molar-refractivity contribution is 6.62. The van der Waals surface area contributed by atoms with Crippen LogP contribution in [0.25, 0.3) is 0 Å². The third-order valence-corrected chi connectivity index (χ3v) is 6.25. The van der Waals surface area contributed by atoms with Crippen molar-refractivity contribution < 1.29 is 27.3 Å². The van der Waals surface area contributed by atoms with Crippen molar-refractivity contribution in [3.8, 4) is 0 Å². The van der Waals surface area contributed by atoms with Crippen LogP contribution in [-0.4, -0.2) is 29.9 Å². The smallest absolute Gasteiger partial charge is 0.399 e. The normalized spacial score (nSPS) is 19.8. The van der Waals surface area contributed by atoms with Crippen LogP contribution >= 0.6 is 0 Å². The van der Waals surface area contributed by atoms with E-state index in [1.807, 2.05) is 52.0 Å². The molecule has 0 bridgehead atoms. The van der Waals surface area contributed by atoms with Gasteiger partial charge in [-0.2, -0.15) is 13.2 Å². The van der Waals surface area contributed by atoms with Crippen molar-refractivity contribution in [1.82, 2.24) is 0 Å². The van der Waals surface area contributed by atoms with E-state index in [-0.39, 0.29) is 23.4 Å². The molecule has 168 valence electrons. The first-order valence-corrected chi connectivity index (χ1v) is 10.3. The number of anilines is 1. The van der Waals surface area contributed by atoms with Crippen LogP contribution in [0.5, 0.6) is 0 Å². The third-order valence-electron chi connectivity index (χ3n) is 6.25. The van der Waals surface area contributed by atoms with Crippen LogP contribution < -0.4 is 10.8 Å². The fraction of sp³-hybridized carbons (Fsp3) is 0.391. The number of alkyl halides is 3. The number of nitrogens with zero attached hydrogens (tertiary/aromatic N) is 1. The minimum absolute atomic E-state index is 0.0430.